The maximum atomic E-state index is 5.89. The van der Waals surface area contributed by atoms with E-state index in [-0.39, 0.29) is 6.10 Å². The highest BCUT2D eigenvalue weighted by atomic mass is 16.5. The minimum atomic E-state index is -0.0219. The van der Waals surface area contributed by atoms with E-state index in [0.29, 0.717) is 13.2 Å². The van der Waals surface area contributed by atoms with Gasteiger partial charge in [-0.2, -0.15) is 0 Å². The molecule has 1 rings (SSSR count). The minimum Gasteiger partial charge on any atom is -0.496 e. The molecule has 0 heterocycles. The maximum absolute atomic E-state index is 5.89. The molecule has 0 fully saturated rings. The third-order valence-corrected chi connectivity index (χ3v) is 2.77. The van der Waals surface area contributed by atoms with Crippen LogP contribution in [0, 0.1) is 0 Å². The van der Waals surface area contributed by atoms with Crippen LogP contribution in [0.3, 0.4) is 0 Å². The zero-order valence-corrected chi connectivity index (χ0v) is 12.1. The van der Waals surface area contributed by atoms with Gasteiger partial charge < -0.3 is 19.5 Å². The molecule has 19 heavy (non-hydrogen) atoms. The van der Waals surface area contributed by atoms with Crippen molar-refractivity contribution in [1.29, 1.82) is 0 Å². The summed E-state index contributed by atoms with van der Waals surface area (Å²) in [5, 5.41) is 3.15. The summed E-state index contributed by atoms with van der Waals surface area (Å²) < 4.78 is 16.7. The van der Waals surface area contributed by atoms with Gasteiger partial charge in [0.1, 0.15) is 5.75 Å². The molecule has 1 atom stereocenters. The number of likely N-dealkylation sites (N-methyl/N-ethyl adjacent to an activating group) is 1. The number of rotatable bonds is 10. The molecule has 0 aromatic heterocycles. The van der Waals surface area contributed by atoms with Crippen molar-refractivity contribution in [2.45, 2.75) is 19.4 Å². The van der Waals surface area contributed by atoms with Crippen LogP contribution >= 0.6 is 0 Å². The van der Waals surface area contributed by atoms with Gasteiger partial charge in [-0.05, 0) is 19.5 Å². The zero-order chi connectivity index (χ0) is 13.9. The molecule has 0 aliphatic carbocycles. The van der Waals surface area contributed by atoms with Crippen molar-refractivity contribution in [3.8, 4) is 5.75 Å². The molecule has 0 radical (unpaired) electrons. The quantitative estimate of drug-likeness (QED) is 0.661. The Morgan fingerprint density at radius 3 is 2.63 bits per heavy atom. The Morgan fingerprint density at radius 1 is 1.16 bits per heavy atom. The van der Waals surface area contributed by atoms with Crippen LogP contribution in [-0.4, -0.2) is 40.5 Å². The van der Waals surface area contributed by atoms with Crippen molar-refractivity contribution in [3.63, 3.8) is 0 Å². The van der Waals surface area contributed by atoms with Crippen LogP contribution in [-0.2, 0) is 9.47 Å². The van der Waals surface area contributed by atoms with Crippen LogP contribution in [0.1, 0.15) is 25.0 Å². The molecule has 108 valence electrons. The second-order valence-corrected chi connectivity index (χ2v) is 4.27. The summed E-state index contributed by atoms with van der Waals surface area (Å²) in [6, 6.07) is 7.95. The summed E-state index contributed by atoms with van der Waals surface area (Å²) in [5.74, 6) is 0.859. The minimum absolute atomic E-state index is 0.0219. The maximum Gasteiger partial charge on any atom is 0.124 e. The molecule has 0 spiro atoms. The van der Waals surface area contributed by atoms with Crippen LogP contribution in [0.15, 0.2) is 24.3 Å². The SMILES string of the molecule is CCCOCCOC(CNC)c1ccccc1OC. The zero-order valence-electron chi connectivity index (χ0n) is 12.1. The first-order valence-corrected chi connectivity index (χ1v) is 6.80. The Hall–Kier alpha value is -1.10. The summed E-state index contributed by atoms with van der Waals surface area (Å²) in [6.07, 6.45) is 1.01. The summed E-state index contributed by atoms with van der Waals surface area (Å²) in [7, 11) is 3.60. The molecule has 0 aliphatic heterocycles. The van der Waals surface area contributed by atoms with Gasteiger partial charge in [-0.15, -0.1) is 0 Å². The van der Waals surface area contributed by atoms with Crippen molar-refractivity contribution < 1.29 is 14.2 Å². The Kier molecular flexibility index (Phi) is 8.21. The van der Waals surface area contributed by atoms with Gasteiger partial charge in [-0.3, -0.25) is 0 Å². The first-order chi connectivity index (χ1) is 9.33. The highest BCUT2D eigenvalue weighted by molar-refractivity contribution is 5.35. The van der Waals surface area contributed by atoms with Gasteiger partial charge in [-0.25, -0.2) is 0 Å². The molecule has 0 aliphatic rings. The highest BCUT2D eigenvalue weighted by Crippen LogP contribution is 2.26. The molecule has 4 heteroatoms. The molecule has 1 unspecified atom stereocenters. The summed E-state index contributed by atoms with van der Waals surface area (Å²) >= 11 is 0. The van der Waals surface area contributed by atoms with E-state index in [4.69, 9.17) is 14.2 Å². The molecule has 0 amide bonds. The second-order valence-electron chi connectivity index (χ2n) is 4.27. The summed E-state index contributed by atoms with van der Waals surface area (Å²) in [4.78, 5) is 0. The van der Waals surface area contributed by atoms with Gasteiger partial charge in [-0.1, -0.05) is 25.1 Å². The summed E-state index contributed by atoms with van der Waals surface area (Å²) in [5.41, 5.74) is 1.06. The van der Waals surface area contributed by atoms with Crippen LogP contribution in [0.25, 0.3) is 0 Å². The molecule has 4 nitrogen and oxygen atoms in total. The van der Waals surface area contributed by atoms with Crippen molar-refractivity contribution in [3.05, 3.63) is 29.8 Å². The average Bonchev–Trinajstić information content (AvgIpc) is 2.46. The van der Waals surface area contributed by atoms with E-state index in [1.54, 1.807) is 7.11 Å². The van der Waals surface area contributed by atoms with Gasteiger partial charge in [0.05, 0.1) is 26.4 Å². The predicted octanol–water partition coefficient (Wildman–Crippen LogP) is 2.40. The van der Waals surface area contributed by atoms with E-state index in [2.05, 4.69) is 12.2 Å². The number of methoxy groups -OCH3 is 1. The van der Waals surface area contributed by atoms with Gasteiger partial charge in [0.15, 0.2) is 0 Å². The normalized spacial score (nSPS) is 12.4. The van der Waals surface area contributed by atoms with Gasteiger partial charge in [0.2, 0.25) is 0 Å². The number of hydrogen-bond acceptors (Lipinski definition) is 4. The standard InChI is InChI=1S/C15H25NO3/c1-4-9-18-10-11-19-15(12-16-2)13-7-5-6-8-14(13)17-3/h5-8,15-16H,4,9-12H2,1-3H3. The fourth-order valence-corrected chi connectivity index (χ4v) is 1.87. The van der Waals surface area contributed by atoms with Crippen molar-refractivity contribution >= 4 is 0 Å². The smallest absolute Gasteiger partial charge is 0.124 e. The third kappa shape index (κ3) is 5.59. The lowest BCUT2D eigenvalue weighted by Gasteiger charge is -2.20. The van der Waals surface area contributed by atoms with E-state index in [0.717, 1.165) is 30.9 Å². The van der Waals surface area contributed by atoms with E-state index in [9.17, 15) is 0 Å². The Balaban J connectivity index is 2.55. The first-order valence-electron chi connectivity index (χ1n) is 6.80. The van der Waals surface area contributed by atoms with Gasteiger partial charge in [0.25, 0.3) is 0 Å². The monoisotopic (exact) mass is 267 g/mol. The molecule has 1 aromatic rings. The van der Waals surface area contributed by atoms with Crippen molar-refractivity contribution in [1.82, 2.24) is 5.32 Å². The number of hydrogen-bond donors (Lipinski definition) is 1. The van der Waals surface area contributed by atoms with Crippen molar-refractivity contribution in [2.24, 2.45) is 0 Å². The van der Waals surface area contributed by atoms with Crippen LogP contribution in [0.4, 0.5) is 0 Å². The third-order valence-electron chi connectivity index (χ3n) is 2.77. The number of ether oxygens (including phenoxy) is 3. The van der Waals surface area contributed by atoms with Crippen LogP contribution in [0.5, 0.6) is 5.75 Å². The highest BCUT2D eigenvalue weighted by Gasteiger charge is 2.15. The number of nitrogens with one attached hydrogen (secondary N) is 1. The number of benzene rings is 1. The second kappa shape index (κ2) is 9.78. The Bertz CT molecular complexity index is 344. The van der Waals surface area contributed by atoms with E-state index >= 15 is 0 Å². The fourth-order valence-electron chi connectivity index (χ4n) is 1.87. The molecular weight excluding hydrogens is 242 g/mol. The van der Waals surface area contributed by atoms with Crippen LogP contribution < -0.4 is 10.1 Å². The van der Waals surface area contributed by atoms with Gasteiger partial charge >= 0.3 is 0 Å². The predicted molar refractivity (Wildman–Crippen MR) is 76.7 cm³/mol. The largest absolute Gasteiger partial charge is 0.496 e. The van der Waals surface area contributed by atoms with E-state index in [1.165, 1.54) is 0 Å². The molecular formula is C15H25NO3. The lowest BCUT2D eigenvalue weighted by molar-refractivity contribution is 0.00411. The lowest BCUT2D eigenvalue weighted by Crippen LogP contribution is -2.22. The number of para-hydroxylation sites is 1. The molecule has 0 saturated carbocycles. The van der Waals surface area contributed by atoms with E-state index < -0.39 is 0 Å². The van der Waals surface area contributed by atoms with Crippen molar-refractivity contribution in [2.75, 3.05) is 40.5 Å². The molecule has 1 aromatic carbocycles. The van der Waals surface area contributed by atoms with Crippen LogP contribution in [0.2, 0.25) is 0 Å². The molecule has 0 saturated heterocycles. The Morgan fingerprint density at radius 2 is 1.95 bits per heavy atom. The molecule has 1 N–H and O–H groups in total. The summed E-state index contributed by atoms with van der Waals surface area (Å²) in [6.45, 7) is 4.84. The topological polar surface area (TPSA) is 39.7 Å². The molecule has 0 bridgehead atoms. The lowest BCUT2D eigenvalue weighted by atomic mass is 10.1. The van der Waals surface area contributed by atoms with Gasteiger partial charge in [0, 0.05) is 18.7 Å². The Labute approximate surface area is 116 Å². The van der Waals surface area contributed by atoms with E-state index in [1.807, 2.05) is 31.3 Å². The average molecular weight is 267 g/mol. The first kappa shape index (κ1) is 16.0. The fraction of sp³-hybridized carbons (Fsp3) is 0.600.